The Balaban J connectivity index is 1.71. The van der Waals surface area contributed by atoms with Crippen LogP contribution in [0.5, 0.6) is 5.75 Å². The molecule has 3 aromatic rings. The van der Waals surface area contributed by atoms with Crippen LogP contribution in [0.15, 0.2) is 83.8 Å². The summed E-state index contributed by atoms with van der Waals surface area (Å²) < 4.78 is 33.4. The largest absolute Gasteiger partial charge is 0.489 e. The van der Waals surface area contributed by atoms with E-state index < -0.39 is 10.0 Å². The van der Waals surface area contributed by atoms with Gasteiger partial charge in [-0.25, -0.2) is 13.1 Å². The topological polar surface area (TPSA) is 79.2 Å². The molecular weight excluding hydrogens is 360 g/mol. The van der Waals surface area contributed by atoms with E-state index in [1.54, 1.807) is 12.1 Å². The molecule has 0 amide bonds. The van der Waals surface area contributed by atoms with E-state index in [0.717, 1.165) is 16.9 Å². The van der Waals surface area contributed by atoms with Gasteiger partial charge in [0.05, 0.1) is 16.5 Å². The van der Waals surface area contributed by atoms with Crippen LogP contribution in [0.4, 0.5) is 0 Å². The molecule has 0 aliphatic heterocycles. The van der Waals surface area contributed by atoms with Crippen LogP contribution in [0, 0.1) is 11.3 Å². The van der Waals surface area contributed by atoms with Crippen molar-refractivity contribution in [3.05, 3.63) is 95.6 Å². The Morgan fingerprint density at radius 2 is 1.59 bits per heavy atom. The van der Waals surface area contributed by atoms with Gasteiger partial charge in [0.2, 0.25) is 10.0 Å². The summed E-state index contributed by atoms with van der Waals surface area (Å²) in [4.78, 5) is 0.0690. The predicted octanol–water partition coefficient (Wildman–Crippen LogP) is 3.62. The van der Waals surface area contributed by atoms with E-state index >= 15 is 0 Å². The van der Waals surface area contributed by atoms with Crippen molar-refractivity contribution in [1.82, 2.24) is 4.72 Å². The lowest BCUT2D eigenvalue weighted by molar-refractivity contribution is 0.305. The number of hydrogen-bond acceptors (Lipinski definition) is 4. The second-order valence-electron chi connectivity index (χ2n) is 5.83. The number of sulfonamides is 1. The summed E-state index contributed by atoms with van der Waals surface area (Å²) in [7, 11) is -3.72. The van der Waals surface area contributed by atoms with E-state index in [9.17, 15) is 8.42 Å². The maximum atomic E-state index is 12.5. The summed E-state index contributed by atoms with van der Waals surface area (Å²) in [6.45, 7) is 0.471. The van der Waals surface area contributed by atoms with Crippen molar-refractivity contribution < 1.29 is 13.2 Å². The van der Waals surface area contributed by atoms with Crippen molar-refractivity contribution >= 4 is 10.0 Å². The molecule has 0 aliphatic carbocycles. The Hall–Kier alpha value is -3.14. The molecule has 136 valence electrons. The molecule has 5 nitrogen and oxygen atoms in total. The van der Waals surface area contributed by atoms with Gasteiger partial charge in [-0.2, -0.15) is 5.26 Å². The number of nitriles is 1. The average molecular weight is 378 g/mol. The number of nitrogens with zero attached hydrogens (tertiary/aromatic N) is 1. The lowest BCUT2D eigenvalue weighted by Crippen LogP contribution is -2.24. The second-order valence-corrected chi connectivity index (χ2v) is 7.60. The minimum atomic E-state index is -3.72. The predicted molar refractivity (Wildman–Crippen MR) is 102 cm³/mol. The number of para-hydroxylation sites is 1. The van der Waals surface area contributed by atoms with Gasteiger partial charge < -0.3 is 4.74 Å². The van der Waals surface area contributed by atoms with Crippen molar-refractivity contribution in [2.45, 2.75) is 18.0 Å². The zero-order valence-corrected chi connectivity index (χ0v) is 15.3. The van der Waals surface area contributed by atoms with Gasteiger partial charge in [-0.05, 0) is 41.5 Å². The fourth-order valence-corrected chi connectivity index (χ4v) is 3.59. The molecule has 0 aliphatic rings. The van der Waals surface area contributed by atoms with Gasteiger partial charge in [0.1, 0.15) is 12.4 Å². The van der Waals surface area contributed by atoms with E-state index in [0.29, 0.717) is 12.2 Å². The molecule has 0 unspecified atom stereocenters. The van der Waals surface area contributed by atoms with Gasteiger partial charge in [-0.1, -0.05) is 48.5 Å². The number of ether oxygens (including phenoxy) is 1. The van der Waals surface area contributed by atoms with Crippen molar-refractivity contribution in [1.29, 1.82) is 5.26 Å². The Morgan fingerprint density at radius 3 is 2.33 bits per heavy atom. The molecule has 0 fully saturated rings. The highest BCUT2D eigenvalue weighted by Gasteiger charge is 2.15. The molecule has 0 radical (unpaired) electrons. The average Bonchev–Trinajstić information content (AvgIpc) is 2.72. The Kier molecular flexibility index (Phi) is 5.87. The zero-order valence-electron chi connectivity index (χ0n) is 14.5. The highest BCUT2D eigenvalue weighted by Crippen LogP contribution is 2.16. The molecule has 0 saturated carbocycles. The van der Waals surface area contributed by atoms with E-state index in [-0.39, 0.29) is 11.4 Å². The summed E-state index contributed by atoms with van der Waals surface area (Å²) >= 11 is 0. The highest BCUT2D eigenvalue weighted by molar-refractivity contribution is 7.89. The first-order valence-electron chi connectivity index (χ1n) is 8.33. The summed E-state index contributed by atoms with van der Waals surface area (Å²) in [5.41, 5.74) is 2.03. The van der Waals surface area contributed by atoms with Crippen molar-refractivity contribution in [3.63, 3.8) is 0 Å². The zero-order chi connectivity index (χ0) is 19.1. The summed E-state index contributed by atoms with van der Waals surface area (Å²) in [5, 5.41) is 8.95. The molecule has 0 heterocycles. The minimum Gasteiger partial charge on any atom is -0.489 e. The quantitative estimate of drug-likeness (QED) is 0.681. The van der Waals surface area contributed by atoms with Gasteiger partial charge >= 0.3 is 0 Å². The fourth-order valence-electron chi connectivity index (χ4n) is 2.54. The molecule has 6 heteroatoms. The maximum absolute atomic E-state index is 12.5. The van der Waals surface area contributed by atoms with Crippen LogP contribution < -0.4 is 9.46 Å². The Labute approximate surface area is 158 Å². The van der Waals surface area contributed by atoms with Crippen molar-refractivity contribution in [3.8, 4) is 11.8 Å². The van der Waals surface area contributed by atoms with Gasteiger partial charge in [0, 0.05) is 6.54 Å². The van der Waals surface area contributed by atoms with Crippen LogP contribution in [-0.2, 0) is 23.2 Å². The summed E-state index contributed by atoms with van der Waals surface area (Å²) in [6.07, 6.45) is 0. The molecule has 3 rings (SSSR count). The number of benzene rings is 3. The third-order valence-electron chi connectivity index (χ3n) is 3.98. The molecule has 1 N–H and O–H groups in total. The molecule has 3 aromatic carbocycles. The highest BCUT2D eigenvalue weighted by atomic mass is 32.2. The SMILES string of the molecule is N#Cc1cccc(S(=O)(=O)NCc2ccccc2COc2ccccc2)c1. The molecule has 27 heavy (non-hydrogen) atoms. The Bertz CT molecular complexity index is 1060. The standard InChI is InChI=1S/C21H18N2O3S/c22-14-17-7-6-12-21(13-17)27(24,25)23-15-18-8-4-5-9-19(18)16-26-20-10-2-1-3-11-20/h1-13,23H,15-16H2. The van der Waals surface area contributed by atoms with E-state index in [2.05, 4.69) is 4.72 Å². The second kappa shape index (κ2) is 8.49. The van der Waals surface area contributed by atoms with Crippen LogP contribution in [-0.4, -0.2) is 8.42 Å². The summed E-state index contributed by atoms with van der Waals surface area (Å²) in [6, 6.07) is 24.8. The third-order valence-corrected chi connectivity index (χ3v) is 5.38. The molecule has 0 bridgehead atoms. The monoisotopic (exact) mass is 378 g/mol. The van der Waals surface area contributed by atoms with Gasteiger partial charge in [0.15, 0.2) is 0 Å². The van der Waals surface area contributed by atoms with Crippen molar-refractivity contribution in [2.75, 3.05) is 0 Å². The first-order valence-corrected chi connectivity index (χ1v) is 9.81. The van der Waals surface area contributed by atoms with Crippen molar-refractivity contribution in [2.24, 2.45) is 0 Å². The van der Waals surface area contributed by atoms with E-state index in [4.69, 9.17) is 10.00 Å². The van der Waals surface area contributed by atoms with Gasteiger partial charge in [-0.15, -0.1) is 0 Å². The molecule has 0 spiro atoms. The third kappa shape index (κ3) is 4.94. The van der Waals surface area contributed by atoms with Crippen LogP contribution in [0.1, 0.15) is 16.7 Å². The van der Waals surface area contributed by atoms with Crippen LogP contribution in [0.3, 0.4) is 0 Å². The Morgan fingerprint density at radius 1 is 0.889 bits per heavy atom. The summed E-state index contributed by atoms with van der Waals surface area (Å²) in [5.74, 6) is 0.751. The minimum absolute atomic E-state index is 0.0690. The number of nitrogens with one attached hydrogen (secondary N) is 1. The van der Waals surface area contributed by atoms with Crippen LogP contribution in [0.2, 0.25) is 0 Å². The number of hydrogen-bond donors (Lipinski definition) is 1. The normalized spacial score (nSPS) is 10.9. The smallest absolute Gasteiger partial charge is 0.240 e. The molecule has 0 aromatic heterocycles. The van der Waals surface area contributed by atoms with Crippen LogP contribution >= 0.6 is 0 Å². The lowest BCUT2D eigenvalue weighted by atomic mass is 10.1. The fraction of sp³-hybridized carbons (Fsp3) is 0.0952. The number of rotatable bonds is 7. The first kappa shape index (κ1) is 18.6. The molecule has 0 saturated heterocycles. The maximum Gasteiger partial charge on any atom is 0.240 e. The van der Waals surface area contributed by atoms with Gasteiger partial charge in [-0.3, -0.25) is 0 Å². The lowest BCUT2D eigenvalue weighted by Gasteiger charge is -2.12. The first-order chi connectivity index (χ1) is 13.1. The van der Waals surface area contributed by atoms with Crippen LogP contribution in [0.25, 0.3) is 0 Å². The van der Waals surface area contributed by atoms with E-state index in [1.807, 2.05) is 60.7 Å². The van der Waals surface area contributed by atoms with Gasteiger partial charge in [0.25, 0.3) is 0 Å². The molecular formula is C21H18N2O3S. The molecule has 0 atom stereocenters. The van der Waals surface area contributed by atoms with E-state index in [1.165, 1.54) is 12.1 Å².